The van der Waals surface area contributed by atoms with Gasteiger partial charge in [-0.25, -0.2) is 9.37 Å². The van der Waals surface area contributed by atoms with Crippen molar-refractivity contribution in [2.24, 2.45) is 7.05 Å². The Morgan fingerprint density at radius 1 is 1.19 bits per heavy atom. The summed E-state index contributed by atoms with van der Waals surface area (Å²) in [5.41, 5.74) is 2.25. The standard InChI is InChI=1S/C14H9FN6/c1-21-19-14(18-20-21)12-6-10(8-17-13(12)7-16)9-2-4-11(15)5-3-9/h2-6,8H,1H3. The molecule has 0 unspecified atom stereocenters. The lowest BCUT2D eigenvalue weighted by Gasteiger charge is -2.04. The fourth-order valence-electron chi connectivity index (χ4n) is 1.92. The maximum Gasteiger partial charge on any atom is 0.207 e. The highest BCUT2D eigenvalue weighted by molar-refractivity contribution is 5.71. The molecule has 0 aliphatic heterocycles. The predicted octanol–water partition coefficient (Wildman–Crippen LogP) is 1.95. The first-order valence-corrected chi connectivity index (χ1v) is 6.08. The second-order valence-electron chi connectivity index (χ2n) is 4.34. The van der Waals surface area contributed by atoms with E-state index in [4.69, 9.17) is 5.26 Å². The van der Waals surface area contributed by atoms with Crippen molar-refractivity contribution in [3.05, 3.63) is 48.0 Å². The Labute approximate surface area is 119 Å². The van der Waals surface area contributed by atoms with E-state index in [9.17, 15) is 4.39 Å². The highest BCUT2D eigenvalue weighted by Crippen LogP contribution is 2.25. The number of halogens is 1. The van der Waals surface area contributed by atoms with Gasteiger partial charge in [-0.15, -0.1) is 10.2 Å². The smallest absolute Gasteiger partial charge is 0.207 e. The molecule has 0 N–H and O–H groups in total. The van der Waals surface area contributed by atoms with Crippen molar-refractivity contribution in [3.63, 3.8) is 0 Å². The number of aromatic nitrogens is 5. The summed E-state index contributed by atoms with van der Waals surface area (Å²) in [6, 6.07) is 9.78. The third-order valence-corrected chi connectivity index (χ3v) is 2.92. The summed E-state index contributed by atoms with van der Waals surface area (Å²) < 4.78 is 13.0. The van der Waals surface area contributed by atoms with Crippen molar-refractivity contribution >= 4 is 0 Å². The molecule has 0 fully saturated rings. The van der Waals surface area contributed by atoms with Gasteiger partial charge in [0, 0.05) is 11.8 Å². The van der Waals surface area contributed by atoms with Gasteiger partial charge in [-0.3, -0.25) is 0 Å². The normalized spacial score (nSPS) is 10.3. The van der Waals surface area contributed by atoms with Gasteiger partial charge in [0.05, 0.1) is 12.6 Å². The molecular formula is C14H9FN6. The van der Waals surface area contributed by atoms with Crippen molar-refractivity contribution in [3.8, 4) is 28.6 Å². The Bertz CT molecular complexity index is 831. The molecule has 0 aliphatic rings. The molecule has 1 aromatic carbocycles. The molecule has 0 saturated heterocycles. The lowest BCUT2D eigenvalue weighted by atomic mass is 10.0. The molecular weight excluding hydrogens is 271 g/mol. The Balaban J connectivity index is 2.13. The van der Waals surface area contributed by atoms with Crippen LogP contribution in [-0.4, -0.2) is 25.2 Å². The molecule has 0 atom stereocenters. The molecule has 0 radical (unpaired) electrons. The SMILES string of the molecule is Cn1nnc(-c2cc(-c3ccc(F)cc3)cnc2C#N)n1. The van der Waals surface area contributed by atoms with E-state index >= 15 is 0 Å². The predicted molar refractivity (Wildman–Crippen MR) is 72.1 cm³/mol. The van der Waals surface area contributed by atoms with Gasteiger partial charge in [-0.1, -0.05) is 12.1 Å². The number of tetrazole rings is 1. The molecule has 2 heterocycles. The van der Waals surface area contributed by atoms with Gasteiger partial charge < -0.3 is 0 Å². The Morgan fingerprint density at radius 3 is 2.57 bits per heavy atom. The van der Waals surface area contributed by atoms with Crippen molar-refractivity contribution in [1.82, 2.24) is 25.2 Å². The summed E-state index contributed by atoms with van der Waals surface area (Å²) in [6.07, 6.45) is 1.56. The molecule has 0 amide bonds. The summed E-state index contributed by atoms with van der Waals surface area (Å²) in [5.74, 6) is 0.0154. The maximum atomic E-state index is 13.0. The maximum absolute atomic E-state index is 13.0. The zero-order valence-corrected chi connectivity index (χ0v) is 11.0. The van der Waals surface area contributed by atoms with Gasteiger partial charge in [0.15, 0.2) is 5.69 Å². The van der Waals surface area contributed by atoms with Gasteiger partial charge >= 0.3 is 0 Å². The van der Waals surface area contributed by atoms with Crippen molar-refractivity contribution in [1.29, 1.82) is 5.26 Å². The molecule has 3 rings (SSSR count). The van der Waals surface area contributed by atoms with Crippen LogP contribution in [0.25, 0.3) is 22.5 Å². The molecule has 0 spiro atoms. The van der Waals surface area contributed by atoms with Gasteiger partial charge in [-0.2, -0.15) is 10.1 Å². The van der Waals surface area contributed by atoms with Gasteiger partial charge in [0.1, 0.15) is 11.9 Å². The minimum atomic E-state index is -0.309. The van der Waals surface area contributed by atoms with Crippen LogP contribution < -0.4 is 0 Å². The minimum Gasteiger partial charge on any atom is -0.244 e. The van der Waals surface area contributed by atoms with E-state index in [-0.39, 0.29) is 11.5 Å². The fourth-order valence-corrected chi connectivity index (χ4v) is 1.92. The summed E-state index contributed by atoms with van der Waals surface area (Å²) in [6.45, 7) is 0. The van der Waals surface area contributed by atoms with Crippen LogP contribution in [0.15, 0.2) is 36.5 Å². The third kappa shape index (κ3) is 2.47. The summed E-state index contributed by atoms with van der Waals surface area (Å²) in [4.78, 5) is 5.42. The van der Waals surface area contributed by atoms with Crippen LogP contribution in [0, 0.1) is 17.1 Å². The van der Waals surface area contributed by atoms with Crippen LogP contribution in [0.2, 0.25) is 0 Å². The number of nitrogens with zero attached hydrogens (tertiary/aromatic N) is 6. The second-order valence-corrected chi connectivity index (χ2v) is 4.34. The summed E-state index contributed by atoms with van der Waals surface area (Å²) >= 11 is 0. The van der Waals surface area contributed by atoms with E-state index in [0.29, 0.717) is 11.4 Å². The third-order valence-electron chi connectivity index (χ3n) is 2.92. The quantitative estimate of drug-likeness (QED) is 0.716. The first kappa shape index (κ1) is 12.9. The minimum absolute atomic E-state index is 0.217. The molecule has 7 heteroatoms. The molecule has 6 nitrogen and oxygen atoms in total. The topological polar surface area (TPSA) is 80.3 Å². The molecule has 2 aromatic heterocycles. The monoisotopic (exact) mass is 280 g/mol. The average molecular weight is 280 g/mol. The molecule has 21 heavy (non-hydrogen) atoms. The number of rotatable bonds is 2. The number of benzene rings is 1. The Morgan fingerprint density at radius 2 is 1.95 bits per heavy atom. The average Bonchev–Trinajstić information content (AvgIpc) is 2.94. The zero-order chi connectivity index (χ0) is 14.8. The van der Waals surface area contributed by atoms with E-state index in [0.717, 1.165) is 11.1 Å². The van der Waals surface area contributed by atoms with Gasteiger partial charge in [0.25, 0.3) is 0 Å². The molecule has 3 aromatic rings. The molecule has 0 aliphatic carbocycles. The number of nitriles is 1. The fraction of sp³-hybridized carbons (Fsp3) is 0.0714. The van der Waals surface area contributed by atoms with E-state index in [2.05, 4.69) is 20.4 Å². The van der Waals surface area contributed by atoms with E-state index in [1.54, 1.807) is 31.4 Å². The number of hydrogen-bond acceptors (Lipinski definition) is 5. The molecule has 102 valence electrons. The molecule has 0 bridgehead atoms. The lowest BCUT2D eigenvalue weighted by molar-refractivity contribution is 0.628. The second kappa shape index (κ2) is 5.09. The largest absolute Gasteiger partial charge is 0.244 e. The van der Waals surface area contributed by atoms with E-state index in [1.807, 2.05) is 6.07 Å². The van der Waals surface area contributed by atoms with E-state index < -0.39 is 0 Å². The van der Waals surface area contributed by atoms with Gasteiger partial charge in [0.2, 0.25) is 5.82 Å². The van der Waals surface area contributed by atoms with Crippen LogP contribution in [0.3, 0.4) is 0 Å². The number of aryl methyl sites for hydroxylation is 1. The highest BCUT2D eigenvalue weighted by atomic mass is 19.1. The first-order chi connectivity index (χ1) is 10.2. The summed E-state index contributed by atoms with van der Waals surface area (Å²) in [5, 5.41) is 20.9. The highest BCUT2D eigenvalue weighted by Gasteiger charge is 2.13. The van der Waals surface area contributed by atoms with Crippen LogP contribution in [0.5, 0.6) is 0 Å². The number of hydrogen-bond donors (Lipinski definition) is 0. The van der Waals surface area contributed by atoms with Crippen molar-refractivity contribution in [2.75, 3.05) is 0 Å². The first-order valence-electron chi connectivity index (χ1n) is 6.08. The van der Waals surface area contributed by atoms with Crippen molar-refractivity contribution in [2.45, 2.75) is 0 Å². The molecule has 0 saturated carbocycles. The Hall–Kier alpha value is -3.14. The summed E-state index contributed by atoms with van der Waals surface area (Å²) in [7, 11) is 1.64. The van der Waals surface area contributed by atoms with Crippen molar-refractivity contribution < 1.29 is 4.39 Å². The van der Waals surface area contributed by atoms with Crippen LogP contribution in [0.1, 0.15) is 5.69 Å². The van der Waals surface area contributed by atoms with E-state index in [1.165, 1.54) is 16.9 Å². The van der Waals surface area contributed by atoms with Crippen LogP contribution >= 0.6 is 0 Å². The lowest BCUT2D eigenvalue weighted by Crippen LogP contribution is -1.94. The zero-order valence-electron chi connectivity index (χ0n) is 11.0. The van der Waals surface area contributed by atoms with Crippen LogP contribution in [-0.2, 0) is 7.05 Å². The van der Waals surface area contributed by atoms with Gasteiger partial charge in [-0.05, 0) is 29.0 Å². The number of pyridine rings is 1. The Kier molecular flexibility index (Phi) is 3.12. The van der Waals surface area contributed by atoms with Crippen LogP contribution in [0.4, 0.5) is 4.39 Å².